The van der Waals surface area contributed by atoms with Crippen LogP contribution in [0, 0.1) is 0 Å². The fraction of sp³-hybridized carbons (Fsp3) is 0.476. The second-order valence-electron chi connectivity index (χ2n) is 7.68. The molecule has 2 aromatic rings. The van der Waals surface area contributed by atoms with Crippen molar-refractivity contribution in [3.05, 3.63) is 42.5 Å². The zero-order valence-electron chi connectivity index (χ0n) is 16.0. The molecule has 28 heavy (non-hydrogen) atoms. The van der Waals surface area contributed by atoms with Crippen LogP contribution < -0.4 is 5.32 Å². The van der Waals surface area contributed by atoms with Crippen molar-refractivity contribution < 1.29 is 13.2 Å². The lowest BCUT2D eigenvalue weighted by molar-refractivity contribution is 0.166. The molecule has 1 heterocycles. The quantitative estimate of drug-likeness (QED) is 0.859. The van der Waals surface area contributed by atoms with Gasteiger partial charge in [0, 0.05) is 32.2 Å². The van der Waals surface area contributed by atoms with Gasteiger partial charge < -0.3 is 10.2 Å². The molecule has 1 aliphatic carbocycles. The largest absolute Gasteiger partial charge is 0.335 e. The van der Waals surface area contributed by atoms with Gasteiger partial charge in [-0.15, -0.1) is 0 Å². The topological polar surface area (TPSA) is 69.7 Å². The Kier molecular flexibility index (Phi) is 5.55. The molecule has 1 N–H and O–H groups in total. The number of carbonyl (C=O) groups is 1. The summed E-state index contributed by atoms with van der Waals surface area (Å²) in [6.45, 7) is 1.50. The third-order valence-electron chi connectivity index (χ3n) is 5.82. The number of fused-ring (bicyclic) bond motifs is 1. The van der Waals surface area contributed by atoms with Crippen molar-refractivity contribution in [2.24, 2.45) is 0 Å². The molecule has 150 valence electrons. The van der Waals surface area contributed by atoms with Crippen molar-refractivity contribution in [2.75, 3.05) is 26.2 Å². The van der Waals surface area contributed by atoms with Gasteiger partial charge in [-0.25, -0.2) is 13.2 Å². The Balaban J connectivity index is 1.39. The van der Waals surface area contributed by atoms with Crippen LogP contribution in [0.1, 0.15) is 32.1 Å². The third-order valence-corrected chi connectivity index (χ3v) is 7.71. The minimum absolute atomic E-state index is 0.0605. The Morgan fingerprint density at radius 3 is 2.29 bits per heavy atom. The number of urea groups is 1. The van der Waals surface area contributed by atoms with E-state index in [2.05, 4.69) is 5.32 Å². The summed E-state index contributed by atoms with van der Waals surface area (Å²) >= 11 is 0. The summed E-state index contributed by atoms with van der Waals surface area (Å²) < 4.78 is 27.5. The van der Waals surface area contributed by atoms with Gasteiger partial charge >= 0.3 is 6.03 Å². The lowest BCUT2D eigenvalue weighted by atomic mass is 9.96. The van der Waals surface area contributed by atoms with Crippen LogP contribution in [0.15, 0.2) is 47.4 Å². The molecule has 2 fully saturated rings. The van der Waals surface area contributed by atoms with Crippen LogP contribution in [-0.4, -0.2) is 55.9 Å². The molecule has 1 saturated heterocycles. The van der Waals surface area contributed by atoms with E-state index in [0.29, 0.717) is 31.1 Å². The number of benzene rings is 2. The number of hydrogen-bond acceptors (Lipinski definition) is 3. The summed E-state index contributed by atoms with van der Waals surface area (Å²) in [5, 5.41) is 5.04. The summed E-state index contributed by atoms with van der Waals surface area (Å²) in [7, 11) is -3.55. The van der Waals surface area contributed by atoms with Crippen LogP contribution in [0.4, 0.5) is 4.79 Å². The molecule has 0 bridgehead atoms. The summed E-state index contributed by atoms with van der Waals surface area (Å²) in [5.74, 6) is 0. The predicted octanol–water partition coefficient (Wildman–Crippen LogP) is 3.19. The highest BCUT2D eigenvalue weighted by atomic mass is 32.2. The Morgan fingerprint density at radius 1 is 0.893 bits per heavy atom. The van der Waals surface area contributed by atoms with Crippen molar-refractivity contribution in [3.63, 3.8) is 0 Å². The molecule has 2 amide bonds. The van der Waals surface area contributed by atoms with Gasteiger partial charge in [0.2, 0.25) is 10.0 Å². The third kappa shape index (κ3) is 4.00. The summed E-state index contributed by atoms with van der Waals surface area (Å²) in [6, 6.07) is 13.2. The van der Waals surface area contributed by atoms with E-state index < -0.39 is 10.0 Å². The number of nitrogens with one attached hydrogen (secondary N) is 1. The maximum absolute atomic E-state index is 13.0. The Morgan fingerprint density at radius 2 is 1.57 bits per heavy atom. The van der Waals surface area contributed by atoms with E-state index in [0.717, 1.165) is 23.6 Å². The molecule has 1 aliphatic heterocycles. The molecule has 2 aromatic carbocycles. The number of sulfonamides is 1. The highest BCUT2D eigenvalue weighted by Gasteiger charge is 2.31. The first-order valence-electron chi connectivity index (χ1n) is 10.1. The first-order valence-corrected chi connectivity index (χ1v) is 11.5. The van der Waals surface area contributed by atoms with Crippen molar-refractivity contribution in [2.45, 2.75) is 43.0 Å². The second kappa shape index (κ2) is 8.09. The molecule has 0 unspecified atom stereocenters. The molecule has 0 radical (unpaired) electrons. The van der Waals surface area contributed by atoms with Gasteiger partial charge in [-0.05, 0) is 35.7 Å². The van der Waals surface area contributed by atoms with Gasteiger partial charge in [0.1, 0.15) is 0 Å². The Labute approximate surface area is 166 Å². The molecular formula is C21H27N3O3S. The molecule has 4 rings (SSSR count). The lowest BCUT2D eigenvalue weighted by Gasteiger charge is -2.35. The van der Waals surface area contributed by atoms with Gasteiger partial charge in [-0.3, -0.25) is 0 Å². The minimum atomic E-state index is -3.55. The molecular weight excluding hydrogens is 374 g/mol. The number of carbonyl (C=O) groups excluding carboxylic acids is 1. The number of piperazine rings is 1. The van der Waals surface area contributed by atoms with Crippen molar-refractivity contribution in [3.8, 4) is 0 Å². The first kappa shape index (κ1) is 19.2. The zero-order valence-corrected chi connectivity index (χ0v) is 16.8. The van der Waals surface area contributed by atoms with E-state index in [9.17, 15) is 13.2 Å². The van der Waals surface area contributed by atoms with Gasteiger partial charge in [-0.1, -0.05) is 49.6 Å². The Bertz CT molecular complexity index is 946. The van der Waals surface area contributed by atoms with Crippen LogP contribution in [0.5, 0.6) is 0 Å². The van der Waals surface area contributed by atoms with Crippen LogP contribution in [0.2, 0.25) is 0 Å². The summed E-state index contributed by atoms with van der Waals surface area (Å²) in [5.41, 5.74) is 0. The highest BCUT2D eigenvalue weighted by Crippen LogP contribution is 2.23. The van der Waals surface area contributed by atoms with E-state index in [1.165, 1.54) is 23.6 Å². The average molecular weight is 402 g/mol. The van der Waals surface area contributed by atoms with Gasteiger partial charge in [0.25, 0.3) is 0 Å². The standard InChI is InChI=1S/C21H27N3O3S/c25-21(22-19-8-2-1-3-9-19)23-12-14-24(15-13-23)28(26,27)20-11-10-17-6-4-5-7-18(17)16-20/h4-7,10-11,16,19H,1-3,8-9,12-15H2,(H,22,25). The van der Waals surface area contributed by atoms with Crippen molar-refractivity contribution in [1.29, 1.82) is 0 Å². The van der Waals surface area contributed by atoms with E-state index in [-0.39, 0.29) is 12.1 Å². The Hall–Kier alpha value is -2.12. The number of hydrogen-bond donors (Lipinski definition) is 1. The molecule has 7 heteroatoms. The van der Waals surface area contributed by atoms with Crippen molar-refractivity contribution >= 4 is 26.8 Å². The molecule has 0 atom stereocenters. The fourth-order valence-corrected chi connectivity index (χ4v) is 5.58. The molecule has 0 aromatic heterocycles. The highest BCUT2D eigenvalue weighted by molar-refractivity contribution is 7.89. The molecule has 6 nitrogen and oxygen atoms in total. The second-order valence-corrected chi connectivity index (χ2v) is 9.62. The number of nitrogens with zero attached hydrogens (tertiary/aromatic N) is 2. The van der Waals surface area contributed by atoms with E-state index >= 15 is 0 Å². The molecule has 2 aliphatic rings. The van der Waals surface area contributed by atoms with Crippen LogP contribution in [0.25, 0.3) is 10.8 Å². The number of rotatable bonds is 3. The van der Waals surface area contributed by atoms with Gasteiger partial charge in [-0.2, -0.15) is 4.31 Å². The molecule has 1 saturated carbocycles. The SMILES string of the molecule is O=C(NC1CCCCC1)N1CCN(S(=O)(=O)c2ccc3ccccc3c2)CC1. The molecule has 0 spiro atoms. The van der Waals surface area contributed by atoms with Crippen molar-refractivity contribution in [1.82, 2.24) is 14.5 Å². The first-order chi connectivity index (χ1) is 13.5. The van der Waals surface area contributed by atoms with Gasteiger partial charge in [0.15, 0.2) is 0 Å². The lowest BCUT2D eigenvalue weighted by Crippen LogP contribution is -2.54. The van der Waals surface area contributed by atoms with E-state index in [1.807, 2.05) is 30.3 Å². The van der Waals surface area contributed by atoms with E-state index in [4.69, 9.17) is 0 Å². The number of amides is 2. The van der Waals surface area contributed by atoms with Crippen LogP contribution >= 0.6 is 0 Å². The normalized spacial score (nSPS) is 19.6. The minimum Gasteiger partial charge on any atom is -0.335 e. The summed E-state index contributed by atoms with van der Waals surface area (Å²) in [6.07, 6.45) is 5.67. The maximum atomic E-state index is 13.0. The average Bonchev–Trinajstić information content (AvgIpc) is 2.74. The fourth-order valence-electron chi connectivity index (χ4n) is 4.12. The maximum Gasteiger partial charge on any atom is 0.317 e. The smallest absolute Gasteiger partial charge is 0.317 e. The zero-order chi connectivity index (χ0) is 19.6. The summed E-state index contributed by atoms with van der Waals surface area (Å²) in [4.78, 5) is 14.5. The van der Waals surface area contributed by atoms with Crippen LogP contribution in [0.3, 0.4) is 0 Å². The monoisotopic (exact) mass is 401 g/mol. The predicted molar refractivity (Wildman–Crippen MR) is 110 cm³/mol. The van der Waals surface area contributed by atoms with Gasteiger partial charge in [0.05, 0.1) is 4.90 Å². The van der Waals surface area contributed by atoms with E-state index in [1.54, 1.807) is 17.0 Å². The van der Waals surface area contributed by atoms with Crippen LogP contribution in [-0.2, 0) is 10.0 Å².